The van der Waals surface area contributed by atoms with Gasteiger partial charge in [-0.15, -0.1) is 0 Å². The summed E-state index contributed by atoms with van der Waals surface area (Å²) in [5.41, 5.74) is 1.00. The number of hydrogen-bond acceptors (Lipinski definition) is 3. The van der Waals surface area contributed by atoms with Crippen LogP contribution in [0, 0.1) is 0 Å². The highest BCUT2D eigenvalue weighted by atomic mass is 16.5. The van der Waals surface area contributed by atoms with Crippen molar-refractivity contribution in [2.75, 3.05) is 32.9 Å². The van der Waals surface area contributed by atoms with Gasteiger partial charge >= 0.3 is 0 Å². The van der Waals surface area contributed by atoms with E-state index in [1.54, 1.807) is 6.08 Å². The minimum Gasteiger partial charge on any atom is -0.490 e. The van der Waals surface area contributed by atoms with Crippen molar-refractivity contribution < 1.29 is 14.3 Å². The lowest BCUT2D eigenvalue weighted by Crippen LogP contribution is -2.41. The number of carbonyl (C=O) groups is 1. The topological polar surface area (TPSA) is 38.8 Å². The summed E-state index contributed by atoms with van der Waals surface area (Å²) in [5.74, 6) is 0.950. The first-order chi connectivity index (χ1) is 9.29. The molecular weight excluding hydrogens is 242 g/mol. The number of morpholine rings is 1. The van der Waals surface area contributed by atoms with Crippen LogP contribution in [0.15, 0.2) is 36.9 Å². The molecule has 1 aliphatic rings. The van der Waals surface area contributed by atoms with Gasteiger partial charge in [0, 0.05) is 13.1 Å². The number of carbonyl (C=O) groups excluding carboxylic acids is 1. The average molecular weight is 261 g/mol. The van der Waals surface area contributed by atoms with Crippen LogP contribution in [-0.2, 0) is 16.0 Å². The Morgan fingerprint density at radius 1 is 1.32 bits per heavy atom. The number of benzene rings is 1. The first kappa shape index (κ1) is 13.6. The zero-order valence-electron chi connectivity index (χ0n) is 11.0. The van der Waals surface area contributed by atoms with Gasteiger partial charge in [0.15, 0.2) is 0 Å². The van der Waals surface area contributed by atoms with Crippen LogP contribution < -0.4 is 4.74 Å². The summed E-state index contributed by atoms with van der Waals surface area (Å²) in [6.45, 7) is 6.76. The van der Waals surface area contributed by atoms with Gasteiger partial charge in [0.25, 0.3) is 0 Å². The van der Waals surface area contributed by atoms with Gasteiger partial charge in [-0.1, -0.05) is 24.8 Å². The van der Waals surface area contributed by atoms with E-state index >= 15 is 0 Å². The monoisotopic (exact) mass is 261 g/mol. The molecule has 1 amide bonds. The molecule has 0 aromatic heterocycles. The Labute approximate surface area is 113 Å². The van der Waals surface area contributed by atoms with Crippen molar-refractivity contribution in [2.24, 2.45) is 0 Å². The van der Waals surface area contributed by atoms with Crippen LogP contribution >= 0.6 is 0 Å². The van der Waals surface area contributed by atoms with Gasteiger partial charge in [-0.3, -0.25) is 4.79 Å². The van der Waals surface area contributed by atoms with Crippen molar-refractivity contribution in [1.29, 1.82) is 0 Å². The minimum absolute atomic E-state index is 0.156. The van der Waals surface area contributed by atoms with Crippen LogP contribution in [0.5, 0.6) is 5.75 Å². The summed E-state index contributed by atoms with van der Waals surface area (Å²) >= 11 is 0. The summed E-state index contributed by atoms with van der Waals surface area (Å²) in [7, 11) is 0. The highest BCUT2D eigenvalue weighted by Crippen LogP contribution is 2.13. The molecule has 0 bridgehead atoms. The van der Waals surface area contributed by atoms with E-state index in [-0.39, 0.29) is 5.91 Å². The van der Waals surface area contributed by atoms with Gasteiger partial charge in [-0.05, 0) is 17.7 Å². The molecule has 2 rings (SSSR count). The lowest BCUT2D eigenvalue weighted by molar-refractivity contribution is -0.134. The molecule has 1 saturated heterocycles. The van der Waals surface area contributed by atoms with Gasteiger partial charge in [0.05, 0.1) is 19.6 Å². The van der Waals surface area contributed by atoms with Gasteiger partial charge in [-0.2, -0.15) is 0 Å². The van der Waals surface area contributed by atoms with E-state index in [0.29, 0.717) is 39.3 Å². The second-order valence-corrected chi connectivity index (χ2v) is 4.41. The molecule has 0 atom stereocenters. The van der Waals surface area contributed by atoms with E-state index in [1.165, 1.54) is 0 Å². The second-order valence-electron chi connectivity index (χ2n) is 4.41. The van der Waals surface area contributed by atoms with Crippen molar-refractivity contribution in [3.8, 4) is 5.75 Å². The maximum absolute atomic E-state index is 12.1. The largest absolute Gasteiger partial charge is 0.490 e. The quantitative estimate of drug-likeness (QED) is 0.757. The van der Waals surface area contributed by atoms with Crippen LogP contribution in [0.4, 0.5) is 0 Å². The molecule has 1 fully saturated rings. The van der Waals surface area contributed by atoms with E-state index in [4.69, 9.17) is 9.47 Å². The van der Waals surface area contributed by atoms with Gasteiger partial charge in [0.1, 0.15) is 12.4 Å². The van der Waals surface area contributed by atoms with E-state index in [9.17, 15) is 4.79 Å². The summed E-state index contributed by atoms with van der Waals surface area (Å²) in [4.78, 5) is 13.9. The van der Waals surface area contributed by atoms with Crippen LogP contribution in [-0.4, -0.2) is 43.7 Å². The summed E-state index contributed by atoms with van der Waals surface area (Å²) < 4.78 is 10.6. The van der Waals surface area contributed by atoms with Crippen molar-refractivity contribution in [3.63, 3.8) is 0 Å². The summed E-state index contributed by atoms with van der Waals surface area (Å²) in [5, 5.41) is 0. The minimum atomic E-state index is 0.156. The summed E-state index contributed by atoms with van der Waals surface area (Å²) in [6.07, 6.45) is 2.14. The van der Waals surface area contributed by atoms with Crippen molar-refractivity contribution in [1.82, 2.24) is 4.90 Å². The smallest absolute Gasteiger partial charge is 0.227 e. The second kappa shape index (κ2) is 6.95. The van der Waals surface area contributed by atoms with Crippen LogP contribution in [0.3, 0.4) is 0 Å². The van der Waals surface area contributed by atoms with Crippen LogP contribution in [0.25, 0.3) is 0 Å². The Bertz CT molecular complexity index is 422. The fourth-order valence-electron chi connectivity index (χ4n) is 1.96. The Balaban J connectivity index is 1.87. The molecule has 0 N–H and O–H groups in total. The number of ether oxygens (including phenoxy) is 2. The van der Waals surface area contributed by atoms with E-state index in [0.717, 1.165) is 11.3 Å². The van der Waals surface area contributed by atoms with Gasteiger partial charge in [-0.25, -0.2) is 0 Å². The first-order valence-corrected chi connectivity index (χ1v) is 6.48. The van der Waals surface area contributed by atoms with Crippen molar-refractivity contribution in [3.05, 3.63) is 42.5 Å². The van der Waals surface area contributed by atoms with E-state index < -0.39 is 0 Å². The third-order valence-corrected chi connectivity index (χ3v) is 3.01. The molecule has 0 saturated carbocycles. The maximum Gasteiger partial charge on any atom is 0.227 e. The molecule has 4 heteroatoms. The lowest BCUT2D eigenvalue weighted by Gasteiger charge is -2.26. The molecule has 1 aromatic carbocycles. The predicted octanol–water partition coefficient (Wildman–Crippen LogP) is 1.65. The highest BCUT2D eigenvalue weighted by Gasteiger charge is 2.16. The number of rotatable bonds is 5. The molecule has 1 heterocycles. The Morgan fingerprint density at radius 3 is 2.63 bits per heavy atom. The molecule has 0 radical (unpaired) electrons. The zero-order valence-corrected chi connectivity index (χ0v) is 11.0. The van der Waals surface area contributed by atoms with E-state index in [1.807, 2.05) is 29.2 Å². The number of hydrogen-bond donors (Lipinski definition) is 0. The predicted molar refractivity (Wildman–Crippen MR) is 73.2 cm³/mol. The molecule has 0 unspecified atom stereocenters. The Kier molecular flexibility index (Phi) is 4.98. The van der Waals surface area contributed by atoms with Gasteiger partial charge in [0.2, 0.25) is 5.91 Å². The molecule has 0 aliphatic carbocycles. The third kappa shape index (κ3) is 4.10. The fourth-order valence-corrected chi connectivity index (χ4v) is 1.96. The molecule has 0 spiro atoms. The molecular formula is C15H19NO3. The molecule has 102 valence electrons. The summed E-state index contributed by atoms with van der Waals surface area (Å²) in [6, 6.07) is 7.62. The van der Waals surface area contributed by atoms with Crippen molar-refractivity contribution >= 4 is 5.91 Å². The Hall–Kier alpha value is -1.81. The Morgan fingerprint density at radius 2 is 2.00 bits per heavy atom. The van der Waals surface area contributed by atoms with Crippen LogP contribution in [0.2, 0.25) is 0 Å². The highest BCUT2D eigenvalue weighted by molar-refractivity contribution is 5.78. The molecule has 4 nitrogen and oxygen atoms in total. The average Bonchev–Trinajstić information content (AvgIpc) is 2.47. The fraction of sp³-hybridized carbons (Fsp3) is 0.400. The standard InChI is InChI=1S/C15H19NO3/c1-2-9-19-14-5-3-13(4-6-14)12-15(17)16-7-10-18-11-8-16/h2-6H,1,7-12H2. The van der Waals surface area contributed by atoms with Crippen molar-refractivity contribution in [2.45, 2.75) is 6.42 Å². The zero-order chi connectivity index (χ0) is 13.5. The number of nitrogens with zero attached hydrogens (tertiary/aromatic N) is 1. The molecule has 1 aromatic rings. The van der Waals surface area contributed by atoms with E-state index in [2.05, 4.69) is 6.58 Å². The lowest BCUT2D eigenvalue weighted by atomic mass is 10.1. The first-order valence-electron chi connectivity index (χ1n) is 6.48. The molecule has 19 heavy (non-hydrogen) atoms. The molecule has 1 aliphatic heterocycles. The van der Waals surface area contributed by atoms with Gasteiger partial charge < -0.3 is 14.4 Å². The normalized spacial score (nSPS) is 15.1. The number of amides is 1. The SMILES string of the molecule is C=CCOc1ccc(CC(=O)N2CCOCC2)cc1. The maximum atomic E-state index is 12.1. The van der Waals surface area contributed by atoms with Crippen LogP contribution in [0.1, 0.15) is 5.56 Å². The third-order valence-electron chi connectivity index (χ3n) is 3.01.